The van der Waals surface area contributed by atoms with Crippen molar-refractivity contribution >= 4 is 39.1 Å². The smallest absolute Gasteiger partial charge is 0.260 e. The number of aromatic amines is 1. The third-order valence-corrected chi connectivity index (χ3v) is 5.56. The highest BCUT2D eigenvalue weighted by atomic mass is 32.2. The van der Waals surface area contributed by atoms with Crippen molar-refractivity contribution in [2.75, 3.05) is 5.75 Å². The van der Waals surface area contributed by atoms with Gasteiger partial charge >= 0.3 is 0 Å². The zero-order valence-corrected chi connectivity index (χ0v) is 13.0. The van der Waals surface area contributed by atoms with Crippen LogP contribution in [-0.2, 0) is 17.6 Å². The van der Waals surface area contributed by atoms with Crippen LogP contribution in [0, 0.1) is 0 Å². The number of H-pyrrole nitrogens is 1. The number of thiophene rings is 1. The molecule has 0 fully saturated rings. The van der Waals surface area contributed by atoms with E-state index in [1.165, 1.54) is 28.6 Å². The fourth-order valence-corrected chi connectivity index (χ4v) is 4.73. The Morgan fingerprint density at radius 3 is 3.00 bits per heavy atom. The van der Waals surface area contributed by atoms with Crippen molar-refractivity contribution in [2.45, 2.75) is 44.2 Å². The minimum atomic E-state index is -0.0280. The van der Waals surface area contributed by atoms with E-state index in [2.05, 4.69) is 9.97 Å². The van der Waals surface area contributed by atoms with Gasteiger partial charge < -0.3 is 4.98 Å². The summed E-state index contributed by atoms with van der Waals surface area (Å²) < 4.78 is 0. The van der Waals surface area contributed by atoms with Crippen LogP contribution in [0.25, 0.3) is 10.2 Å². The standard InChI is InChI=1S/C14H16N2O2S2/c1-8(17)6-7-19-14-15-12(18)11-9-4-2-3-5-10(9)20-13(11)16-14/h2-7H2,1H3,(H,15,16,18). The van der Waals surface area contributed by atoms with Crippen LogP contribution < -0.4 is 5.56 Å². The molecule has 0 aliphatic heterocycles. The molecular formula is C14H16N2O2S2. The molecule has 1 aliphatic rings. The summed E-state index contributed by atoms with van der Waals surface area (Å²) in [4.78, 5) is 32.8. The summed E-state index contributed by atoms with van der Waals surface area (Å²) in [6, 6.07) is 0. The molecule has 0 saturated carbocycles. The van der Waals surface area contributed by atoms with Crippen molar-refractivity contribution in [1.82, 2.24) is 9.97 Å². The number of hydrogen-bond acceptors (Lipinski definition) is 5. The lowest BCUT2D eigenvalue weighted by atomic mass is 9.97. The number of aryl methyl sites for hydroxylation is 2. The number of hydrogen-bond donors (Lipinski definition) is 1. The highest BCUT2D eigenvalue weighted by Gasteiger charge is 2.19. The summed E-state index contributed by atoms with van der Waals surface area (Å²) in [7, 11) is 0. The molecule has 0 radical (unpaired) electrons. The summed E-state index contributed by atoms with van der Waals surface area (Å²) in [6.07, 6.45) is 4.94. The average Bonchev–Trinajstić information content (AvgIpc) is 2.76. The van der Waals surface area contributed by atoms with Gasteiger partial charge in [0.2, 0.25) is 0 Å². The molecule has 6 heteroatoms. The Morgan fingerprint density at radius 1 is 1.40 bits per heavy atom. The molecule has 0 aromatic carbocycles. The maximum atomic E-state index is 12.3. The minimum absolute atomic E-state index is 0.0280. The van der Waals surface area contributed by atoms with Crippen molar-refractivity contribution < 1.29 is 4.79 Å². The number of ketones is 1. The summed E-state index contributed by atoms with van der Waals surface area (Å²) >= 11 is 3.10. The van der Waals surface area contributed by atoms with Crippen molar-refractivity contribution in [3.05, 3.63) is 20.8 Å². The Balaban J connectivity index is 1.94. The molecule has 106 valence electrons. The first-order valence-corrected chi connectivity index (χ1v) is 8.62. The SMILES string of the molecule is CC(=O)CCSc1nc2sc3c(c2c(=O)[nH]1)CCCC3. The molecule has 4 nitrogen and oxygen atoms in total. The lowest BCUT2D eigenvalue weighted by Gasteiger charge is -2.09. The first-order valence-electron chi connectivity index (χ1n) is 6.82. The molecule has 2 aromatic rings. The highest BCUT2D eigenvalue weighted by molar-refractivity contribution is 7.99. The molecule has 20 heavy (non-hydrogen) atoms. The normalized spacial score (nSPS) is 14.4. The molecule has 0 saturated heterocycles. The zero-order valence-electron chi connectivity index (χ0n) is 11.3. The van der Waals surface area contributed by atoms with Gasteiger partial charge in [0.15, 0.2) is 5.16 Å². The first kappa shape index (κ1) is 13.8. The van der Waals surface area contributed by atoms with Crippen LogP contribution in [-0.4, -0.2) is 21.5 Å². The molecule has 0 unspecified atom stereocenters. The first-order chi connectivity index (χ1) is 9.65. The number of thioether (sulfide) groups is 1. The predicted molar refractivity (Wildman–Crippen MR) is 82.9 cm³/mol. The second-order valence-corrected chi connectivity index (χ2v) is 7.23. The number of carbonyl (C=O) groups is 1. The van der Waals surface area contributed by atoms with Gasteiger partial charge in [-0.3, -0.25) is 9.59 Å². The summed E-state index contributed by atoms with van der Waals surface area (Å²) in [5.41, 5.74) is 1.19. The van der Waals surface area contributed by atoms with Crippen LogP contribution in [0.15, 0.2) is 9.95 Å². The second-order valence-electron chi connectivity index (χ2n) is 5.06. The van der Waals surface area contributed by atoms with E-state index in [9.17, 15) is 9.59 Å². The molecule has 0 amide bonds. The number of aromatic nitrogens is 2. The molecule has 3 rings (SSSR count). The van der Waals surface area contributed by atoms with Crippen LogP contribution in [0.5, 0.6) is 0 Å². The van der Waals surface area contributed by atoms with Crippen molar-refractivity contribution in [2.24, 2.45) is 0 Å². The van der Waals surface area contributed by atoms with Gasteiger partial charge in [-0.2, -0.15) is 0 Å². The van der Waals surface area contributed by atoms with Crippen LogP contribution in [0.4, 0.5) is 0 Å². The van der Waals surface area contributed by atoms with E-state index in [0.29, 0.717) is 17.3 Å². The Morgan fingerprint density at radius 2 is 2.20 bits per heavy atom. The van der Waals surface area contributed by atoms with Gasteiger partial charge in [-0.15, -0.1) is 11.3 Å². The number of nitrogens with zero attached hydrogens (tertiary/aromatic N) is 1. The molecular weight excluding hydrogens is 292 g/mol. The van der Waals surface area contributed by atoms with Gasteiger partial charge in [0.1, 0.15) is 10.6 Å². The molecule has 0 bridgehead atoms. The zero-order chi connectivity index (χ0) is 14.1. The summed E-state index contributed by atoms with van der Waals surface area (Å²) in [6.45, 7) is 1.58. The fourth-order valence-electron chi connectivity index (χ4n) is 2.50. The third kappa shape index (κ3) is 2.67. The molecule has 2 aromatic heterocycles. The topological polar surface area (TPSA) is 62.8 Å². The maximum absolute atomic E-state index is 12.3. The van der Waals surface area contributed by atoms with Gasteiger partial charge in [-0.25, -0.2) is 4.98 Å². The van der Waals surface area contributed by atoms with E-state index in [1.807, 2.05) is 0 Å². The number of Topliss-reactive ketones (excluding diaryl/α,β-unsaturated/α-hetero) is 1. The Hall–Kier alpha value is -1.14. The van der Waals surface area contributed by atoms with E-state index < -0.39 is 0 Å². The number of rotatable bonds is 4. The van der Waals surface area contributed by atoms with E-state index in [4.69, 9.17) is 0 Å². The third-order valence-electron chi connectivity index (χ3n) is 3.50. The van der Waals surface area contributed by atoms with Gasteiger partial charge in [0.05, 0.1) is 5.39 Å². The molecule has 1 N–H and O–H groups in total. The van der Waals surface area contributed by atoms with Gasteiger partial charge in [0, 0.05) is 17.1 Å². The van der Waals surface area contributed by atoms with Crippen LogP contribution in [0.1, 0.15) is 36.6 Å². The second kappa shape index (κ2) is 5.69. The average molecular weight is 308 g/mol. The monoisotopic (exact) mass is 308 g/mol. The summed E-state index contributed by atoms with van der Waals surface area (Å²) in [5.74, 6) is 0.821. The lowest BCUT2D eigenvalue weighted by Crippen LogP contribution is -2.11. The Labute approximate surface area is 125 Å². The van der Waals surface area contributed by atoms with E-state index in [0.717, 1.165) is 29.5 Å². The summed E-state index contributed by atoms with van der Waals surface area (Å²) in [5, 5.41) is 1.42. The van der Waals surface area contributed by atoms with Gasteiger partial charge in [-0.05, 0) is 38.2 Å². The van der Waals surface area contributed by atoms with Crippen LogP contribution >= 0.6 is 23.1 Å². The van der Waals surface area contributed by atoms with E-state index in [1.54, 1.807) is 18.3 Å². The van der Waals surface area contributed by atoms with Crippen molar-refractivity contribution in [3.63, 3.8) is 0 Å². The lowest BCUT2D eigenvalue weighted by molar-refractivity contribution is -0.116. The van der Waals surface area contributed by atoms with E-state index in [-0.39, 0.29) is 11.3 Å². The van der Waals surface area contributed by atoms with Crippen LogP contribution in [0.2, 0.25) is 0 Å². The molecule has 0 atom stereocenters. The predicted octanol–water partition coefficient (Wildman–Crippen LogP) is 2.93. The van der Waals surface area contributed by atoms with E-state index >= 15 is 0 Å². The quantitative estimate of drug-likeness (QED) is 0.697. The number of nitrogens with one attached hydrogen (secondary N) is 1. The van der Waals surface area contributed by atoms with Crippen LogP contribution in [0.3, 0.4) is 0 Å². The largest absolute Gasteiger partial charge is 0.301 e. The van der Waals surface area contributed by atoms with Gasteiger partial charge in [-0.1, -0.05) is 11.8 Å². The van der Waals surface area contributed by atoms with Crippen molar-refractivity contribution in [3.8, 4) is 0 Å². The molecule has 2 heterocycles. The molecule has 1 aliphatic carbocycles. The minimum Gasteiger partial charge on any atom is -0.301 e. The fraction of sp³-hybridized carbons (Fsp3) is 0.500. The Bertz CT molecular complexity index is 718. The number of fused-ring (bicyclic) bond motifs is 3. The van der Waals surface area contributed by atoms with Gasteiger partial charge in [0.25, 0.3) is 5.56 Å². The number of carbonyl (C=O) groups excluding carboxylic acids is 1. The highest BCUT2D eigenvalue weighted by Crippen LogP contribution is 2.34. The maximum Gasteiger partial charge on any atom is 0.260 e. The Kier molecular flexibility index (Phi) is 3.94. The molecule has 0 spiro atoms. The van der Waals surface area contributed by atoms with Crippen molar-refractivity contribution in [1.29, 1.82) is 0 Å².